The lowest BCUT2D eigenvalue weighted by Gasteiger charge is -2.28. The molecule has 3 heteroatoms. The number of rotatable bonds is 2. The molecule has 0 amide bonds. The molecule has 1 aliphatic rings. The van der Waals surface area contributed by atoms with Crippen molar-refractivity contribution in [1.82, 2.24) is 0 Å². The maximum absolute atomic E-state index is 14.2. The van der Waals surface area contributed by atoms with Crippen LogP contribution in [0.5, 0.6) is 0 Å². The fraction of sp³-hybridized carbons (Fsp3) is 0.429. The molecule has 1 heterocycles. The van der Waals surface area contributed by atoms with Crippen molar-refractivity contribution >= 4 is 11.0 Å². The van der Waals surface area contributed by atoms with Gasteiger partial charge in [0.1, 0.15) is 11.4 Å². The van der Waals surface area contributed by atoms with E-state index in [9.17, 15) is 4.39 Å². The van der Waals surface area contributed by atoms with Gasteiger partial charge in [-0.3, -0.25) is 0 Å². The Morgan fingerprint density at radius 2 is 2.00 bits per heavy atom. The van der Waals surface area contributed by atoms with E-state index in [0.717, 1.165) is 31.1 Å². The summed E-state index contributed by atoms with van der Waals surface area (Å²) in [5.41, 5.74) is 7.07. The van der Waals surface area contributed by atoms with Gasteiger partial charge in [-0.2, -0.15) is 0 Å². The Bertz CT molecular complexity index is 540. The lowest BCUT2D eigenvalue weighted by molar-refractivity contribution is 0.422. The van der Waals surface area contributed by atoms with E-state index in [1.807, 2.05) is 6.07 Å². The molecular formula is C14H16FNO. The zero-order valence-corrected chi connectivity index (χ0v) is 9.71. The number of hydrogen-bond donors (Lipinski definition) is 1. The van der Waals surface area contributed by atoms with Crippen LogP contribution in [0.4, 0.5) is 4.39 Å². The minimum atomic E-state index is -0.221. The summed E-state index contributed by atoms with van der Waals surface area (Å²) < 4.78 is 19.6. The maximum Gasteiger partial charge on any atom is 0.140 e. The summed E-state index contributed by atoms with van der Waals surface area (Å²) in [6, 6.07) is 5.16. The van der Waals surface area contributed by atoms with Gasteiger partial charge in [-0.15, -0.1) is 0 Å². The van der Waals surface area contributed by atoms with E-state index in [0.29, 0.717) is 17.7 Å². The molecule has 2 N–H and O–H groups in total. The van der Waals surface area contributed by atoms with Crippen LogP contribution in [0.3, 0.4) is 0 Å². The first-order valence-electron chi connectivity index (χ1n) is 6.13. The second kappa shape index (κ2) is 3.84. The predicted octanol–water partition coefficient (Wildman–Crippen LogP) is 3.34. The normalized spacial score (nSPS) is 18.9. The lowest BCUT2D eigenvalue weighted by atomic mass is 9.78. The van der Waals surface area contributed by atoms with Crippen molar-refractivity contribution in [2.45, 2.75) is 31.1 Å². The second-order valence-corrected chi connectivity index (χ2v) is 4.95. The fourth-order valence-corrected chi connectivity index (χ4v) is 3.11. The summed E-state index contributed by atoms with van der Waals surface area (Å²) in [6.45, 7) is 0.490. The summed E-state index contributed by atoms with van der Waals surface area (Å²) in [5, 5.41) is 0.959. The number of hydrogen-bond acceptors (Lipinski definition) is 2. The first-order chi connectivity index (χ1) is 8.27. The van der Waals surface area contributed by atoms with Crippen LogP contribution in [0.15, 0.2) is 28.9 Å². The Kier molecular flexibility index (Phi) is 2.44. The highest BCUT2D eigenvalue weighted by molar-refractivity contribution is 5.81. The molecule has 1 aliphatic carbocycles. The fourth-order valence-electron chi connectivity index (χ4n) is 3.11. The van der Waals surface area contributed by atoms with Crippen LogP contribution < -0.4 is 5.73 Å². The van der Waals surface area contributed by atoms with Gasteiger partial charge in [0.05, 0.1) is 6.26 Å². The highest BCUT2D eigenvalue weighted by Gasteiger charge is 2.38. The smallest absolute Gasteiger partial charge is 0.140 e. The summed E-state index contributed by atoms with van der Waals surface area (Å²) in [7, 11) is 0. The third-order valence-electron chi connectivity index (χ3n) is 4.05. The maximum atomic E-state index is 14.2. The summed E-state index contributed by atoms with van der Waals surface area (Å²) in [4.78, 5) is 0. The van der Waals surface area contributed by atoms with Crippen LogP contribution >= 0.6 is 0 Å². The van der Waals surface area contributed by atoms with E-state index in [1.165, 1.54) is 6.07 Å². The Morgan fingerprint density at radius 3 is 2.71 bits per heavy atom. The molecule has 90 valence electrons. The Hall–Kier alpha value is -1.35. The molecule has 0 atom stereocenters. The quantitative estimate of drug-likeness (QED) is 0.864. The SMILES string of the molecule is NCC1(c2c(F)ccc3ccoc23)CCCC1. The van der Waals surface area contributed by atoms with Crippen molar-refractivity contribution < 1.29 is 8.81 Å². The van der Waals surface area contributed by atoms with E-state index in [4.69, 9.17) is 10.2 Å². The Balaban J connectivity index is 2.27. The van der Waals surface area contributed by atoms with E-state index in [2.05, 4.69) is 0 Å². The van der Waals surface area contributed by atoms with Gasteiger partial charge >= 0.3 is 0 Å². The standard InChI is InChI=1S/C14H16FNO/c15-11-4-3-10-5-8-17-13(10)12(11)14(9-16)6-1-2-7-14/h3-5,8H,1-2,6-7,9,16H2. The molecule has 2 aromatic rings. The Morgan fingerprint density at radius 1 is 1.24 bits per heavy atom. The van der Waals surface area contributed by atoms with Crippen molar-refractivity contribution in [3.63, 3.8) is 0 Å². The van der Waals surface area contributed by atoms with E-state index >= 15 is 0 Å². The van der Waals surface area contributed by atoms with Gasteiger partial charge in [-0.05, 0) is 31.0 Å². The van der Waals surface area contributed by atoms with Gasteiger partial charge in [0, 0.05) is 22.9 Å². The lowest BCUT2D eigenvalue weighted by Crippen LogP contribution is -2.33. The van der Waals surface area contributed by atoms with Crippen LogP contribution in [-0.2, 0) is 5.41 Å². The second-order valence-electron chi connectivity index (χ2n) is 4.95. The molecule has 1 aromatic heterocycles. The first kappa shape index (κ1) is 10.8. The average molecular weight is 233 g/mol. The summed E-state index contributed by atoms with van der Waals surface area (Å²) in [5.74, 6) is -0.181. The van der Waals surface area contributed by atoms with Gasteiger partial charge < -0.3 is 10.2 Å². The minimum Gasteiger partial charge on any atom is -0.464 e. The third-order valence-corrected chi connectivity index (χ3v) is 4.05. The summed E-state index contributed by atoms with van der Waals surface area (Å²) >= 11 is 0. The Labute approximate surface area is 99.6 Å². The number of halogens is 1. The number of fused-ring (bicyclic) bond motifs is 1. The van der Waals surface area contributed by atoms with Crippen molar-refractivity contribution in [2.75, 3.05) is 6.54 Å². The third kappa shape index (κ3) is 1.49. The molecule has 0 aliphatic heterocycles. The molecule has 0 radical (unpaired) electrons. The molecule has 0 bridgehead atoms. The van der Waals surface area contributed by atoms with Crippen LogP contribution in [0.1, 0.15) is 31.2 Å². The van der Waals surface area contributed by atoms with Crippen LogP contribution in [-0.4, -0.2) is 6.54 Å². The molecular weight excluding hydrogens is 217 g/mol. The largest absolute Gasteiger partial charge is 0.464 e. The highest BCUT2D eigenvalue weighted by atomic mass is 19.1. The molecule has 1 aromatic carbocycles. The molecule has 1 saturated carbocycles. The van der Waals surface area contributed by atoms with Gasteiger partial charge in [0.15, 0.2) is 0 Å². The molecule has 2 nitrogen and oxygen atoms in total. The predicted molar refractivity (Wildman–Crippen MR) is 65.4 cm³/mol. The van der Waals surface area contributed by atoms with Gasteiger partial charge in [0.2, 0.25) is 0 Å². The van der Waals surface area contributed by atoms with E-state index in [-0.39, 0.29) is 11.2 Å². The highest BCUT2D eigenvalue weighted by Crippen LogP contribution is 2.44. The number of benzene rings is 1. The molecule has 0 unspecified atom stereocenters. The summed E-state index contributed by atoms with van der Waals surface area (Å²) in [6.07, 6.45) is 5.77. The van der Waals surface area contributed by atoms with Crippen molar-refractivity contribution in [2.24, 2.45) is 5.73 Å². The monoisotopic (exact) mass is 233 g/mol. The van der Waals surface area contributed by atoms with Crippen molar-refractivity contribution in [3.8, 4) is 0 Å². The van der Waals surface area contributed by atoms with Gasteiger partial charge in [0.25, 0.3) is 0 Å². The van der Waals surface area contributed by atoms with Gasteiger partial charge in [-0.25, -0.2) is 4.39 Å². The van der Waals surface area contributed by atoms with Gasteiger partial charge in [-0.1, -0.05) is 12.8 Å². The topological polar surface area (TPSA) is 39.2 Å². The molecule has 0 spiro atoms. The van der Waals surface area contributed by atoms with Crippen molar-refractivity contribution in [3.05, 3.63) is 35.8 Å². The molecule has 0 saturated heterocycles. The minimum absolute atomic E-state index is 0.181. The number of nitrogens with two attached hydrogens (primary N) is 1. The number of furan rings is 1. The zero-order valence-electron chi connectivity index (χ0n) is 9.71. The van der Waals surface area contributed by atoms with Crippen LogP contribution in [0.2, 0.25) is 0 Å². The van der Waals surface area contributed by atoms with Crippen LogP contribution in [0, 0.1) is 5.82 Å². The average Bonchev–Trinajstić information content (AvgIpc) is 2.97. The van der Waals surface area contributed by atoms with E-state index in [1.54, 1.807) is 12.3 Å². The molecule has 1 fully saturated rings. The van der Waals surface area contributed by atoms with E-state index < -0.39 is 0 Å². The zero-order chi connectivity index (χ0) is 11.9. The molecule has 17 heavy (non-hydrogen) atoms. The van der Waals surface area contributed by atoms with Crippen molar-refractivity contribution in [1.29, 1.82) is 0 Å². The van der Waals surface area contributed by atoms with Crippen LogP contribution in [0.25, 0.3) is 11.0 Å². The first-order valence-corrected chi connectivity index (χ1v) is 6.13. The molecule has 3 rings (SSSR count).